The summed E-state index contributed by atoms with van der Waals surface area (Å²) in [6.07, 6.45) is 8.28. The van der Waals surface area contributed by atoms with Crippen molar-refractivity contribution < 1.29 is 0 Å². The Hall–Kier alpha value is -1.64. The quantitative estimate of drug-likeness (QED) is 0.758. The Morgan fingerprint density at radius 2 is 2.20 bits per heavy atom. The molecule has 0 aromatic carbocycles. The van der Waals surface area contributed by atoms with Crippen LogP contribution in [0.2, 0.25) is 0 Å². The zero-order chi connectivity index (χ0) is 10.1. The van der Waals surface area contributed by atoms with Crippen LogP contribution in [0.4, 0.5) is 0 Å². The summed E-state index contributed by atoms with van der Waals surface area (Å²) in [7, 11) is 0. The van der Waals surface area contributed by atoms with Gasteiger partial charge in [-0.3, -0.25) is 9.67 Å². The lowest BCUT2D eigenvalue weighted by Crippen LogP contribution is -2.04. The molecular weight excluding hydrogens is 186 g/mol. The van der Waals surface area contributed by atoms with Crippen molar-refractivity contribution in [3.8, 4) is 0 Å². The number of pyridine rings is 1. The number of rotatable bonds is 3. The third kappa shape index (κ3) is 1.77. The summed E-state index contributed by atoms with van der Waals surface area (Å²) in [4.78, 5) is 4.48. The second-order valence-electron chi connectivity index (χ2n) is 4.03. The highest BCUT2D eigenvalue weighted by Crippen LogP contribution is 2.40. The van der Waals surface area contributed by atoms with Gasteiger partial charge >= 0.3 is 0 Å². The van der Waals surface area contributed by atoms with E-state index >= 15 is 0 Å². The van der Waals surface area contributed by atoms with E-state index in [9.17, 15) is 0 Å². The van der Waals surface area contributed by atoms with Crippen molar-refractivity contribution in [2.24, 2.45) is 0 Å². The molecule has 2 aromatic heterocycles. The molecule has 0 radical (unpaired) electrons. The van der Waals surface area contributed by atoms with E-state index in [2.05, 4.69) is 16.1 Å². The fraction of sp³-hybridized carbons (Fsp3) is 0.333. The average molecular weight is 199 g/mol. The Morgan fingerprint density at radius 1 is 1.27 bits per heavy atom. The Labute approximate surface area is 88.8 Å². The van der Waals surface area contributed by atoms with Gasteiger partial charge in [-0.1, -0.05) is 6.07 Å². The molecule has 1 saturated carbocycles. The van der Waals surface area contributed by atoms with Gasteiger partial charge in [0.15, 0.2) is 0 Å². The predicted molar refractivity (Wildman–Crippen MR) is 57.5 cm³/mol. The van der Waals surface area contributed by atoms with Gasteiger partial charge in [0, 0.05) is 30.2 Å². The molecule has 15 heavy (non-hydrogen) atoms. The highest BCUT2D eigenvalue weighted by Gasteiger charge is 2.27. The molecule has 2 heterocycles. The molecule has 3 nitrogen and oxygen atoms in total. The molecule has 0 unspecified atom stereocenters. The molecule has 2 aromatic rings. The van der Waals surface area contributed by atoms with Crippen molar-refractivity contribution in [2.45, 2.75) is 25.3 Å². The first-order chi connectivity index (χ1) is 7.43. The summed E-state index contributed by atoms with van der Waals surface area (Å²) < 4.78 is 1.95. The van der Waals surface area contributed by atoms with E-state index in [0.29, 0.717) is 5.92 Å². The van der Waals surface area contributed by atoms with E-state index in [0.717, 1.165) is 6.54 Å². The lowest BCUT2D eigenvalue weighted by molar-refractivity contribution is 0.677. The van der Waals surface area contributed by atoms with Crippen LogP contribution in [0, 0.1) is 0 Å². The van der Waals surface area contributed by atoms with E-state index in [1.54, 1.807) is 0 Å². The second kappa shape index (κ2) is 3.50. The van der Waals surface area contributed by atoms with Crippen LogP contribution in [-0.2, 0) is 6.54 Å². The normalized spacial score (nSPS) is 15.5. The predicted octanol–water partition coefficient (Wildman–Crippen LogP) is 2.20. The van der Waals surface area contributed by atoms with Crippen LogP contribution < -0.4 is 0 Å². The fourth-order valence-corrected chi connectivity index (χ4v) is 1.88. The maximum atomic E-state index is 4.48. The molecule has 0 bridgehead atoms. The molecule has 3 heteroatoms. The molecule has 3 rings (SSSR count). The van der Waals surface area contributed by atoms with Crippen LogP contribution in [0.1, 0.15) is 30.0 Å². The van der Waals surface area contributed by atoms with Gasteiger partial charge in [-0.2, -0.15) is 5.10 Å². The maximum absolute atomic E-state index is 4.48. The third-order valence-corrected chi connectivity index (χ3v) is 2.78. The van der Waals surface area contributed by atoms with Gasteiger partial charge in [0.2, 0.25) is 0 Å². The number of hydrogen-bond donors (Lipinski definition) is 0. The highest BCUT2D eigenvalue weighted by atomic mass is 15.3. The first-order valence-electron chi connectivity index (χ1n) is 5.35. The van der Waals surface area contributed by atoms with Crippen molar-refractivity contribution in [1.29, 1.82) is 0 Å². The Balaban J connectivity index is 1.90. The third-order valence-electron chi connectivity index (χ3n) is 2.78. The molecule has 76 valence electrons. The van der Waals surface area contributed by atoms with Gasteiger partial charge in [0.1, 0.15) is 0 Å². The molecular formula is C12H13N3. The zero-order valence-corrected chi connectivity index (χ0v) is 8.50. The summed E-state index contributed by atoms with van der Waals surface area (Å²) in [6.45, 7) is 0.840. The number of aromatic nitrogens is 3. The minimum absolute atomic E-state index is 0.705. The molecule has 0 N–H and O–H groups in total. The van der Waals surface area contributed by atoms with Gasteiger partial charge in [0.25, 0.3) is 0 Å². The Bertz CT molecular complexity index is 444. The molecule has 1 aliphatic carbocycles. The van der Waals surface area contributed by atoms with Crippen LogP contribution in [0.15, 0.2) is 36.8 Å². The van der Waals surface area contributed by atoms with Gasteiger partial charge in [0.05, 0.1) is 6.54 Å². The fourth-order valence-electron chi connectivity index (χ4n) is 1.88. The lowest BCUT2D eigenvalue weighted by Gasteiger charge is -2.07. The van der Waals surface area contributed by atoms with Crippen LogP contribution in [0.3, 0.4) is 0 Å². The van der Waals surface area contributed by atoms with Crippen molar-refractivity contribution in [1.82, 2.24) is 14.8 Å². The van der Waals surface area contributed by atoms with Gasteiger partial charge in [-0.05, 0) is 30.5 Å². The van der Waals surface area contributed by atoms with Crippen molar-refractivity contribution in [2.75, 3.05) is 0 Å². The summed E-state index contributed by atoms with van der Waals surface area (Å²) >= 11 is 0. The minimum Gasteiger partial charge on any atom is -0.268 e. The molecule has 0 saturated heterocycles. The molecule has 0 atom stereocenters. The lowest BCUT2D eigenvalue weighted by atomic mass is 10.1. The SMILES string of the molecule is c1cnc(C2CC2)c(Cn2cccn2)c1. The van der Waals surface area contributed by atoms with Gasteiger partial charge < -0.3 is 0 Å². The van der Waals surface area contributed by atoms with E-state index in [1.165, 1.54) is 24.1 Å². The molecule has 0 amide bonds. The molecule has 0 aliphatic heterocycles. The molecule has 1 fully saturated rings. The maximum Gasteiger partial charge on any atom is 0.0677 e. The van der Waals surface area contributed by atoms with Crippen LogP contribution in [0.25, 0.3) is 0 Å². The Morgan fingerprint density at radius 3 is 2.93 bits per heavy atom. The van der Waals surface area contributed by atoms with E-state index in [4.69, 9.17) is 0 Å². The average Bonchev–Trinajstić information content (AvgIpc) is 2.99. The second-order valence-corrected chi connectivity index (χ2v) is 4.03. The van der Waals surface area contributed by atoms with Gasteiger partial charge in [-0.15, -0.1) is 0 Å². The van der Waals surface area contributed by atoms with E-state index in [-0.39, 0.29) is 0 Å². The largest absolute Gasteiger partial charge is 0.268 e. The summed E-state index contributed by atoms with van der Waals surface area (Å²) in [5.74, 6) is 0.705. The zero-order valence-electron chi connectivity index (χ0n) is 8.50. The summed E-state index contributed by atoms with van der Waals surface area (Å²) in [6, 6.07) is 6.11. The smallest absolute Gasteiger partial charge is 0.0677 e. The van der Waals surface area contributed by atoms with Crippen LogP contribution in [-0.4, -0.2) is 14.8 Å². The first-order valence-corrected chi connectivity index (χ1v) is 5.35. The Kier molecular flexibility index (Phi) is 2.02. The highest BCUT2D eigenvalue weighted by molar-refractivity contribution is 5.26. The van der Waals surface area contributed by atoms with E-state index in [1.807, 2.05) is 35.4 Å². The van der Waals surface area contributed by atoms with Crippen molar-refractivity contribution in [3.63, 3.8) is 0 Å². The monoisotopic (exact) mass is 199 g/mol. The molecule has 0 spiro atoms. The standard InChI is InChI=1S/C12H13N3/c1-3-11(9-15-8-2-7-14-15)12(13-6-1)10-4-5-10/h1-3,6-8,10H,4-5,9H2. The van der Waals surface area contributed by atoms with Gasteiger partial charge in [-0.25, -0.2) is 0 Å². The number of hydrogen-bond acceptors (Lipinski definition) is 2. The van der Waals surface area contributed by atoms with Crippen LogP contribution in [0.5, 0.6) is 0 Å². The number of nitrogens with zero attached hydrogens (tertiary/aromatic N) is 3. The minimum atomic E-state index is 0.705. The van der Waals surface area contributed by atoms with E-state index < -0.39 is 0 Å². The van der Waals surface area contributed by atoms with Crippen molar-refractivity contribution in [3.05, 3.63) is 48.0 Å². The summed E-state index contributed by atoms with van der Waals surface area (Å²) in [5, 5.41) is 4.22. The topological polar surface area (TPSA) is 30.7 Å². The van der Waals surface area contributed by atoms with Crippen molar-refractivity contribution >= 4 is 0 Å². The first kappa shape index (κ1) is 8.65. The molecule has 1 aliphatic rings. The van der Waals surface area contributed by atoms with Crippen LogP contribution >= 0.6 is 0 Å². The summed E-state index contributed by atoms with van der Waals surface area (Å²) in [5.41, 5.74) is 2.58.